The van der Waals surface area contributed by atoms with Crippen molar-refractivity contribution in [2.24, 2.45) is 5.92 Å². The number of nitrogens with one attached hydrogen (secondary N) is 2. The summed E-state index contributed by atoms with van der Waals surface area (Å²) in [6, 6.07) is 11.0. The highest BCUT2D eigenvalue weighted by Gasteiger charge is 2.24. The highest BCUT2D eigenvalue weighted by atomic mass is 35.5. The third kappa shape index (κ3) is 5.18. The molecule has 0 radical (unpaired) electrons. The molecule has 4 nitrogen and oxygen atoms in total. The van der Waals surface area contributed by atoms with Crippen LogP contribution in [-0.2, 0) is 4.79 Å². The van der Waals surface area contributed by atoms with Crippen LogP contribution in [0.5, 0.6) is 0 Å². The van der Waals surface area contributed by atoms with Crippen LogP contribution in [0.3, 0.4) is 0 Å². The van der Waals surface area contributed by atoms with Crippen molar-refractivity contribution in [3.05, 3.63) is 30.3 Å². The summed E-state index contributed by atoms with van der Waals surface area (Å²) in [5.74, 6) is 0.368. The molecule has 1 heterocycles. The largest absolute Gasteiger partial charge is 0.370 e. The summed E-state index contributed by atoms with van der Waals surface area (Å²) in [5.41, 5.74) is 1.18. The normalized spacial score (nSPS) is 22.3. The zero-order valence-electron chi connectivity index (χ0n) is 13.7. The Balaban J connectivity index is 0.00000242. The van der Waals surface area contributed by atoms with Crippen molar-refractivity contribution in [2.75, 3.05) is 25.0 Å². The first kappa shape index (κ1) is 18.8. The van der Waals surface area contributed by atoms with Gasteiger partial charge in [-0.15, -0.1) is 12.4 Å². The minimum Gasteiger partial charge on any atom is -0.370 e. The second-order valence-electron chi connectivity index (χ2n) is 6.12. The average molecular weight is 326 g/mol. The van der Waals surface area contributed by atoms with E-state index in [4.69, 9.17) is 0 Å². The predicted molar refractivity (Wildman–Crippen MR) is 94.8 cm³/mol. The Kier molecular flexibility index (Phi) is 7.69. The number of carbonyl (C=O) groups is 1. The van der Waals surface area contributed by atoms with Crippen LogP contribution >= 0.6 is 12.4 Å². The standard InChI is InChI=1S/C17H27N3O.ClH/c1-13-11-15(9-10-18-13)17(21)19-12-14(2)20(3)16-7-5-4-6-8-16;/h4-8,13-15,18H,9-12H2,1-3H3,(H,19,21);1H/t13-,14?,15-;/m0./s1. The third-order valence-electron chi connectivity index (χ3n) is 4.39. The lowest BCUT2D eigenvalue weighted by molar-refractivity contribution is -0.126. The minimum absolute atomic E-state index is 0. The van der Waals surface area contributed by atoms with Gasteiger partial charge in [0.2, 0.25) is 5.91 Å². The second kappa shape index (κ2) is 9.01. The van der Waals surface area contributed by atoms with Gasteiger partial charge in [0.1, 0.15) is 0 Å². The zero-order valence-corrected chi connectivity index (χ0v) is 14.5. The number of anilines is 1. The van der Waals surface area contributed by atoms with Gasteiger partial charge in [-0.3, -0.25) is 4.79 Å². The first-order valence-corrected chi connectivity index (χ1v) is 7.87. The smallest absolute Gasteiger partial charge is 0.223 e. The van der Waals surface area contributed by atoms with Crippen LogP contribution in [0, 0.1) is 5.92 Å². The molecule has 1 amide bonds. The van der Waals surface area contributed by atoms with E-state index in [-0.39, 0.29) is 30.3 Å². The Morgan fingerprint density at radius 2 is 2.09 bits per heavy atom. The van der Waals surface area contributed by atoms with Crippen molar-refractivity contribution < 1.29 is 4.79 Å². The molecule has 0 saturated carbocycles. The van der Waals surface area contributed by atoms with Crippen molar-refractivity contribution >= 4 is 24.0 Å². The number of nitrogens with zero attached hydrogens (tertiary/aromatic N) is 1. The number of benzene rings is 1. The van der Waals surface area contributed by atoms with Gasteiger partial charge >= 0.3 is 0 Å². The molecule has 1 aliphatic rings. The molecule has 1 unspecified atom stereocenters. The van der Waals surface area contributed by atoms with Gasteiger partial charge in [0.25, 0.3) is 0 Å². The summed E-state index contributed by atoms with van der Waals surface area (Å²) in [6.45, 7) is 5.91. The first-order chi connectivity index (χ1) is 10.1. The van der Waals surface area contributed by atoms with Gasteiger partial charge in [-0.1, -0.05) is 18.2 Å². The number of para-hydroxylation sites is 1. The summed E-state index contributed by atoms with van der Waals surface area (Å²) < 4.78 is 0. The quantitative estimate of drug-likeness (QED) is 0.874. The molecule has 5 heteroatoms. The van der Waals surface area contributed by atoms with Crippen molar-refractivity contribution in [3.8, 4) is 0 Å². The van der Waals surface area contributed by atoms with E-state index in [1.54, 1.807) is 0 Å². The van der Waals surface area contributed by atoms with Crippen molar-refractivity contribution in [1.82, 2.24) is 10.6 Å². The zero-order chi connectivity index (χ0) is 15.2. The van der Waals surface area contributed by atoms with Crippen molar-refractivity contribution in [2.45, 2.75) is 38.8 Å². The Labute approximate surface area is 140 Å². The van der Waals surface area contributed by atoms with Gasteiger partial charge in [-0.05, 0) is 45.4 Å². The third-order valence-corrected chi connectivity index (χ3v) is 4.39. The van der Waals surface area contributed by atoms with Gasteiger partial charge < -0.3 is 15.5 Å². The molecule has 2 N–H and O–H groups in total. The number of hydrogen-bond acceptors (Lipinski definition) is 3. The molecule has 0 aliphatic carbocycles. The Bertz CT molecular complexity index is 454. The van der Waals surface area contributed by atoms with Crippen LogP contribution in [0.25, 0.3) is 0 Å². The number of piperidine rings is 1. The van der Waals surface area contributed by atoms with Crippen LogP contribution in [0.2, 0.25) is 0 Å². The van der Waals surface area contributed by atoms with Crippen LogP contribution in [0.1, 0.15) is 26.7 Å². The Morgan fingerprint density at radius 1 is 1.41 bits per heavy atom. The SMILES string of the molecule is CC(CNC(=O)[C@H]1CCN[C@@H](C)C1)N(C)c1ccccc1.Cl. The highest BCUT2D eigenvalue weighted by Crippen LogP contribution is 2.17. The lowest BCUT2D eigenvalue weighted by Crippen LogP contribution is -2.46. The van der Waals surface area contributed by atoms with Crippen LogP contribution < -0.4 is 15.5 Å². The molecule has 0 aromatic heterocycles. The van der Waals surface area contributed by atoms with E-state index in [2.05, 4.69) is 48.6 Å². The molecule has 1 aromatic rings. The number of likely N-dealkylation sites (N-methyl/N-ethyl adjacent to an activating group) is 1. The molecule has 22 heavy (non-hydrogen) atoms. The fourth-order valence-electron chi connectivity index (χ4n) is 2.82. The van der Waals surface area contributed by atoms with E-state index >= 15 is 0 Å². The maximum absolute atomic E-state index is 12.2. The fourth-order valence-corrected chi connectivity index (χ4v) is 2.82. The number of carbonyl (C=O) groups excluding carboxylic acids is 1. The first-order valence-electron chi connectivity index (χ1n) is 7.87. The topological polar surface area (TPSA) is 44.4 Å². The summed E-state index contributed by atoms with van der Waals surface area (Å²) >= 11 is 0. The molecule has 1 fully saturated rings. The van der Waals surface area contributed by atoms with Crippen LogP contribution in [0.15, 0.2) is 30.3 Å². The maximum atomic E-state index is 12.2. The summed E-state index contributed by atoms with van der Waals surface area (Å²) in [7, 11) is 2.07. The van der Waals surface area contributed by atoms with E-state index in [9.17, 15) is 4.79 Å². The molecular formula is C17H28ClN3O. The Hall–Kier alpha value is -1.26. The molecule has 2 rings (SSSR count). The summed E-state index contributed by atoms with van der Waals surface area (Å²) in [6.07, 6.45) is 1.88. The van der Waals surface area contributed by atoms with E-state index in [0.717, 1.165) is 19.4 Å². The second-order valence-corrected chi connectivity index (χ2v) is 6.12. The molecule has 1 aliphatic heterocycles. The minimum atomic E-state index is 0. The molecular weight excluding hydrogens is 298 g/mol. The van der Waals surface area contributed by atoms with Gasteiger partial charge in [0, 0.05) is 37.3 Å². The molecule has 1 saturated heterocycles. The molecule has 0 bridgehead atoms. The van der Waals surface area contributed by atoms with E-state index in [0.29, 0.717) is 12.6 Å². The molecule has 1 aromatic carbocycles. The lowest BCUT2D eigenvalue weighted by Gasteiger charge is -2.30. The van der Waals surface area contributed by atoms with E-state index in [1.165, 1.54) is 5.69 Å². The maximum Gasteiger partial charge on any atom is 0.223 e. The molecule has 3 atom stereocenters. The number of rotatable bonds is 5. The van der Waals surface area contributed by atoms with Crippen LogP contribution in [-0.4, -0.2) is 38.1 Å². The number of amides is 1. The monoisotopic (exact) mass is 325 g/mol. The van der Waals surface area contributed by atoms with Gasteiger partial charge in [-0.25, -0.2) is 0 Å². The Morgan fingerprint density at radius 3 is 2.73 bits per heavy atom. The lowest BCUT2D eigenvalue weighted by atomic mass is 9.92. The van der Waals surface area contributed by atoms with E-state index in [1.807, 2.05) is 18.2 Å². The number of hydrogen-bond donors (Lipinski definition) is 2. The molecule has 124 valence electrons. The van der Waals surface area contributed by atoms with Crippen molar-refractivity contribution in [3.63, 3.8) is 0 Å². The van der Waals surface area contributed by atoms with Gasteiger partial charge in [0.15, 0.2) is 0 Å². The highest BCUT2D eigenvalue weighted by molar-refractivity contribution is 5.85. The summed E-state index contributed by atoms with van der Waals surface area (Å²) in [4.78, 5) is 14.4. The van der Waals surface area contributed by atoms with Crippen molar-refractivity contribution in [1.29, 1.82) is 0 Å². The number of halogens is 1. The van der Waals surface area contributed by atoms with E-state index < -0.39 is 0 Å². The van der Waals surface area contributed by atoms with Crippen LogP contribution in [0.4, 0.5) is 5.69 Å². The fraction of sp³-hybridized carbons (Fsp3) is 0.588. The molecule has 0 spiro atoms. The summed E-state index contributed by atoms with van der Waals surface area (Å²) in [5, 5.41) is 6.50. The van der Waals surface area contributed by atoms with Gasteiger partial charge in [-0.2, -0.15) is 0 Å². The van der Waals surface area contributed by atoms with Gasteiger partial charge in [0.05, 0.1) is 0 Å². The predicted octanol–water partition coefficient (Wildman–Crippen LogP) is 2.44. The average Bonchev–Trinajstić information content (AvgIpc) is 2.52.